The van der Waals surface area contributed by atoms with E-state index in [1.165, 1.54) is 12.7 Å². The second kappa shape index (κ2) is 15.1. The molecule has 2 aliphatic carbocycles. The monoisotopic (exact) mass is 567 g/mol. The summed E-state index contributed by atoms with van der Waals surface area (Å²) in [6.07, 6.45) is 9.57. The molecule has 1 heterocycles. The van der Waals surface area contributed by atoms with Gasteiger partial charge in [0.15, 0.2) is 0 Å². The van der Waals surface area contributed by atoms with Gasteiger partial charge in [0.1, 0.15) is 18.2 Å². The molecule has 1 aromatic heterocycles. The van der Waals surface area contributed by atoms with Crippen LogP contribution in [0.25, 0.3) is 0 Å². The molecule has 2 aliphatic rings. The van der Waals surface area contributed by atoms with Crippen molar-refractivity contribution in [1.82, 2.24) is 25.9 Å². The molecule has 5 atom stereocenters. The molecule has 0 aliphatic heterocycles. The third-order valence-corrected chi connectivity index (χ3v) is 8.37. The van der Waals surface area contributed by atoms with Crippen LogP contribution < -0.4 is 16.0 Å². The number of H-pyrrole nitrogens is 1. The van der Waals surface area contributed by atoms with Crippen molar-refractivity contribution in [2.24, 2.45) is 11.8 Å². The van der Waals surface area contributed by atoms with Crippen molar-refractivity contribution >= 4 is 17.7 Å². The van der Waals surface area contributed by atoms with Crippen LogP contribution in [0.15, 0.2) is 42.9 Å². The number of nitrogens with zero attached hydrogens (tertiary/aromatic N) is 1. The molecule has 6 N–H and O–H groups in total. The Hall–Kier alpha value is -3.24. The van der Waals surface area contributed by atoms with Crippen LogP contribution in [0.4, 0.5) is 0 Å². The minimum absolute atomic E-state index is 0.0529. The van der Waals surface area contributed by atoms with Gasteiger partial charge >= 0.3 is 0 Å². The summed E-state index contributed by atoms with van der Waals surface area (Å²) in [6, 6.07) is 6.89. The van der Waals surface area contributed by atoms with Gasteiger partial charge < -0.3 is 31.1 Å². The van der Waals surface area contributed by atoms with Crippen molar-refractivity contribution in [3.63, 3.8) is 0 Å². The number of carbonyl (C=O) groups excluding carboxylic acids is 3. The highest BCUT2D eigenvalue weighted by atomic mass is 16.3. The normalized spacial score (nSPS) is 19.4. The van der Waals surface area contributed by atoms with E-state index in [1.54, 1.807) is 13.1 Å². The van der Waals surface area contributed by atoms with Crippen LogP contribution in [0.5, 0.6) is 0 Å². The fraction of sp³-hybridized carbons (Fsp3) is 0.613. The summed E-state index contributed by atoms with van der Waals surface area (Å²) in [4.78, 5) is 46.7. The summed E-state index contributed by atoms with van der Waals surface area (Å²) < 4.78 is 0. The lowest BCUT2D eigenvalue weighted by Gasteiger charge is -2.33. The van der Waals surface area contributed by atoms with E-state index >= 15 is 0 Å². The van der Waals surface area contributed by atoms with E-state index in [1.807, 2.05) is 30.3 Å². The largest absolute Gasteiger partial charge is 0.390 e. The maximum atomic E-state index is 13.8. The van der Waals surface area contributed by atoms with Gasteiger partial charge in [0.05, 0.1) is 18.5 Å². The van der Waals surface area contributed by atoms with Crippen molar-refractivity contribution in [2.75, 3.05) is 0 Å². The molecule has 0 unspecified atom stereocenters. The molecule has 4 rings (SSSR count). The molecule has 2 aromatic rings. The Morgan fingerprint density at radius 1 is 0.927 bits per heavy atom. The smallest absolute Gasteiger partial charge is 0.243 e. The zero-order chi connectivity index (χ0) is 29.2. The van der Waals surface area contributed by atoms with Gasteiger partial charge in [0.2, 0.25) is 17.7 Å². The first kappa shape index (κ1) is 30.7. The summed E-state index contributed by atoms with van der Waals surface area (Å²) in [5.74, 6) is -0.776. The van der Waals surface area contributed by atoms with Crippen molar-refractivity contribution in [2.45, 2.75) is 108 Å². The number of rotatable bonds is 15. The minimum atomic E-state index is -1.09. The number of amides is 3. The molecule has 41 heavy (non-hydrogen) atoms. The van der Waals surface area contributed by atoms with Crippen molar-refractivity contribution < 1.29 is 24.6 Å². The lowest BCUT2D eigenvalue weighted by Crippen LogP contribution is -2.58. The summed E-state index contributed by atoms with van der Waals surface area (Å²) in [5.41, 5.74) is 1.54. The highest BCUT2D eigenvalue weighted by Gasteiger charge is 2.40. The molecule has 0 radical (unpaired) electrons. The lowest BCUT2D eigenvalue weighted by atomic mass is 9.82. The first-order valence-electron chi connectivity index (χ1n) is 15.1. The molecule has 224 valence electrons. The van der Waals surface area contributed by atoms with E-state index in [0.717, 1.165) is 44.1 Å². The van der Waals surface area contributed by atoms with Crippen LogP contribution in [0.3, 0.4) is 0 Å². The predicted octanol–water partition coefficient (Wildman–Crippen LogP) is 2.16. The Bertz CT molecular complexity index is 1100. The highest BCUT2D eigenvalue weighted by Crippen LogP contribution is 2.36. The fourth-order valence-electron chi connectivity index (χ4n) is 5.76. The second-order valence-electron chi connectivity index (χ2n) is 11.7. The zero-order valence-electron chi connectivity index (χ0n) is 23.9. The quantitative estimate of drug-likeness (QED) is 0.194. The number of hydrogen-bond donors (Lipinski definition) is 6. The number of aromatic amines is 1. The predicted molar refractivity (Wildman–Crippen MR) is 154 cm³/mol. The molecule has 10 heteroatoms. The van der Waals surface area contributed by atoms with Crippen molar-refractivity contribution in [3.8, 4) is 0 Å². The fourth-order valence-corrected chi connectivity index (χ4v) is 5.76. The molecule has 3 amide bonds. The van der Waals surface area contributed by atoms with Crippen molar-refractivity contribution in [3.05, 3.63) is 54.1 Å². The number of aliphatic hydroxyl groups is 2. The number of hydrogen-bond acceptors (Lipinski definition) is 6. The number of imidazole rings is 1. The SMILES string of the molecule is CCC(=O)N[C@@H](Cc1ccccc1)C(=O)N[C@@H](Cc1cnc[nH]1)C(=O)N[C@@H](CC1CCCCC1)[C@@H](O)[C@@H](O)C1CC1. The number of nitrogens with one attached hydrogen (secondary N) is 4. The van der Waals surface area contributed by atoms with E-state index in [-0.39, 0.29) is 31.1 Å². The van der Waals surface area contributed by atoms with E-state index in [2.05, 4.69) is 25.9 Å². The highest BCUT2D eigenvalue weighted by molar-refractivity contribution is 5.92. The second-order valence-corrected chi connectivity index (χ2v) is 11.7. The van der Waals surface area contributed by atoms with E-state index in [9.17, 15) is 24.6 Å². The van der Waals surface area contributed by atoms with Crippen LogP contribution in [0, 0.1) is 11.8 Å². The van der Waals surface area contributed by atoms with E-state index in [4.69, 9.17) is 0 Å². The summed E-state index contributed by atoms with van der Waals surface area (Å²) >= 11 is 0. The summed E-state index contributed by atoms with van der Waals surface area (Å²) in [7, 11) is 0. The summed E-state index contributed by atoms with van der Waals surface area (Å²) in [6.45, 7) is 1.72. The van der Waals surface area contributed by atoms with Crippen LogP contribution >= 0.6 is 0 Å². The number of aromatic nitrogens is 2. The average Bonchev–Trinajstić information content (AvgIpc) is 3.71. The van der Waals surface area contributed by atoms with Gasteiger partial charge in [-0.2, -0.15) is 0 Å². The number of benzene rings is 1. The van der Waals surface area contributed by atoms with Crippen LogP contribution in [-0.2, 0) is 27.2 Å². The van der Waals surface area contributed by atoms with Crippen LogP contribution in [0.2, 0.25) is 0 Å². The van der Waals surface area contributed by atoms with E-state index < -0.39 is 42.1 Å². The number of aliphatic hydroxyl groups excluding tert-OH is 2. The standard InChI is InChI=1S/C31H45N5O5/c1-2-27(37)34-25(16-21-11-7-4-8-12-21)30(40)36-26(17-23-18-32-19-33-23)31(41)35-24(15-20-9-5-3-6-10-20)29(39)28(38)22-13-14-22/h4,7-8,11-12,18-20,22,24-26,28-29,38-39H,2-3,5-6,9-10,13-17H2,1H3,(H,32,33)(H,34,37)(H,35,41)(H,36,40)/t24-,25-,26-,28-,29+/m0/s1. The first-order chi connectivity index (χ1) is 19.8. The Morgan fingerprint density at radius 2 is 1.61 bits per heavy atom. The molecule has 2 fully saturated rings. The molecular weight excluding hydrogens is 522 g/mol. The molecule has 1 aromatic carbocycles. The van der Waals surface area contributed by atoms with Crippen molar-refractivity contribution in [1.29, 1.82) is 0 Å². The third kappa shape index (κ3) is 9.39. The molecule has 10 nitrogen and oxygen atoms in total. The zero-order valence-corrected chi connectivity index (χ0v) is 23.9. The Labute approximate surface area is 242 Å². The average molecular weight is 568 g/mol. The Kier molecular flexibility index (Phi) is 11.3. The molecule has 0 saturated heterocycles. The number of carbonyl (C=O) groups is 3. The minimum Gasteiger partial charge on any atom is -0.390 e. The maximum absolute atomic E-state index is 13.8. The topological polar surface area (TPSA) is 156 Å². The van der Waals surface area contributed by atoms with Gasteiger partial charge in [0.25, 0.3) is 0 Å². The third-order valence-electron chi connectivity index (χ3n) is 8.37. The molecule has 0 bridgehead atoms. The van der Waals surface area contributed by atoms with Gasteiger partial charge in [-0.15, -0.1) is 0 Å². The molecular formula is C31H45N5O5. The lowest BCUT2D eigenvalue weighted by molar-refractivity contribution is -0.133. The van der Waals surface area contributed by atoms with Gasteiger partial charge in [-0.05, 0) is 36.7 Å². The first-order valence-corrected chi connectivity index (χ1v) is 15.1. The van der Waals surface area contributed by atoms with Crippen LogP contribution in [0.1, 0.15) is 76.0 Å². The molecule has 2 saturated carbocycles. The Morgan fingerprint density at radius 3 is 2.24 bits per heavy atom. The Balaban J connectivity index is 1.51. The van der Waals surface area contributed by atoms with Gasteiger partial charge in [0, 0.05) is 31.2 Å². The van der Waals surface area contributed by atoms with E-state index in [0.29, 0.717) is 18.0 Å². The van der Waals surface area contributed by atoms with Crippen LogP contribution in [-0.4, -0.2) is 68.2 Å². The van der Waals surface area contributed by atoms with Gasteiger partial charge in [-0.3, -0.25) is 14.4 Å². The molecule has 0 spiro atoms. The van der Waals surface area contributed by atoms with Gasteiger partial charge in [-0.25, -0.2) is 4.98 Å². The maximum Gasteiger partial charge on any atom is 0.243 e. The van der Waals surface area contributed by atoms with Gasteiger partial charge in [-0.1, -0.05) is 69.4 Å². The summed E-state index contributed by atoms with van der Waals surface area (Å²) in [5, 5.41) is 30.6.